The monoisotopic (exact) mass is 399 g/mol. The molecule has 3 N–H and O–H groups in total. The van der Waals surface area contributed by atoms with Crippen molar-refractivity contribution >= 4 is 44.7 Å². The molecule has 2 aromatic heterocycles. The average Bonchev–Trinajstić information content (AvgIpc) is 3.35. The lowest BCUT2D eigenvalue weighted by Gasteiger charge is -2.32. The van der Waals surface area contributed by atoms with Gasteiger partial charge in [0, 0.05) is 24.8 Å². The summed E-state index contributed by atoms with van der Waals surface area (Å²) in [4.78, 5) is 11.1. The van der Waals surface area contributed by atoms with Crippen LogP contribution in [0.2, 0.25) is 0 Å². The standard InChI is InChI=1S/C20H22FN5OS/c21-15-10-13(5-6-17(15)26-8-1-2-14(27)11-26)23-20-24-16-7-9-28-18(16)19(25-20)22-12-3-4-12/h5-7,9-10,12,14,27H,1-4,8,11H2,(H2,22,23,24,25). The van der Waals surface area contributed by atoms with Gasteiger partial charge in [0.05, 0.1) is 22.0 Å². The predicted octanol–water partition coefficient (Wildman–Crippen LogP) is 4.11. The van der Waals surface area contributed by atoms with Crippen LogP contribution in [-0.4, -0.2) is 40.3 Å². The van der Waals surface area contributed by atoms with Crippen molar-refractivity contribution in [1.82, 2.24) is 9.97 Å². The van der Waals surface area contributed by atoms with Gasteiger partial charge in [0.2, 0.25) is 5.95 Å². The van der Waals surface area contributed by atoms with Crippen LogP contribution < -0.4 is 15.5 Å². The number of benzene rings is 1. The molecular formula is C20H22FN5OS. The van der Waals surface area contributed by atoms with Gasteiger partial charge in [-0.05, 0) is 55.3 Å². The maximum Gasteiger partial charge on any atom is 0.229 e. The van der Waals surface area contributed by atoms with Crippen LogP contribution in [0, 0.1) is 5.82 Å². The number of aliphatic hydroxyl groups is 1. The molecule has 0 radical (unpaired) electrons. The van der Waals surface area contributed by atoms with E-state index in [1.807, 2.05) is 22.4 Å². The molecule has 8 heteroatoms. The molecule has 2 fully saturated rings. The summed E-state index contributed by atoms with van der Waals surface area (Å²) in [6.45, 7) is 1.23. The number of nitrogens with one attached hydrogen (secondary N) is 2. The third-order valence-electron chi connectivity index (χ3n) is 5.16. The topological polar surface area (TPSA) is 73.3 Å². The molecule has 2 aliphatic rings. The van der Waals surface area contributed by atoms with E-state index in [1.54, 1.807) is 17.4 Å². The molecule has 1 aromatic carbocycles. The van der Waals surface area contributed by atoms with Crippen molar-refractivity contribution in [2.75, 3.05) is 28.6 Å². The molecule has 0 spiro atoms. The minimum absolute atomic E-state index is 0.313. The Hall–Kier alpha value is -2.45. The van der Waals surface area contributed by atoms with E-state index in [0.717, 1.165) is 48.3 Å². The molecule has 1 atom stereocenters. The van der Waals surface area contributed by atoms with Gasteiger partial charge in [-0.15, -0.1) is 11.3 Å². The molecule has 1 unspecified atom stereocenters. The summed E-state index contributed by atoms with van der Waals surface area (Å²) in [5, 5.41) is 18.4. The van der Waals surface area contributed by atoms with Gasteiger partial charge in [-0.3, -0.25) is 0 Å². The lowest BCUT2D eigenvalue weighted by Crippen LogP contribution is -2.38. The second kappa shape index (κ2) is 7.18. The zero-order valence-corrected chi connectivity index (χ0v) is 16.2. The zero-order chi connectivity index (χ0) is 19.1. The number of thiophene rings is 1. The van der Waals surface area contributed by atoms with Gasteiger partial charge in [-0.2, -0.15) is 4.98 Å². The summed E-state index contributed by atoms with van der Waals surface area (Å²) in [6.07, 6.45) is 3.58. The molecule has 3 aromatic rings. The molecule has 5 rings (SSSR count). The minimum atomic E-state index is -0.394. The SMILES string of the molecule is OC1CCCN(c2ccc(Nc3nc(NC4CC4)c4sccc4n3)cc2F)C1. The van der Waals surface area contributed by atoms with Crippen molar-refractivity contribution in [2.24, 2.45) is 0 Å². The lowest BCUT2D eigenvalue weighted by molar-refractivity contribution is 0.154. The van der Waals surface area contributed by atoms with Crippen LogP contribution in [0.4, 0.5) is 27.5 Å². The number of anilines is 4. The number of halogens is 1. The Bertz CT molecular complexity index is 1010. The van der Waals surface area contributed by atoms with E-state index in [2.05, 4.69) is 20.6 Å². The first-order valence-corrected chi connectivity index (χ1v) is 10.5. The van der Waals surface area contributed by atoms with E-state index in [1.165, 1.54) is 6.07 Å². The molecular weight excluding hydrogens is 377 g/mol. The van der Waals surface area contributed by atoms with Gasteiger partial charge >= 0.3 is 0 Å². The van der Waals surface area contributed by atoms with Crippen LogP contribution in [0.25, 0.3) is 10.2 Å². The molecule has 1 aliphatic carbocycles. The number of hydrogen-bond acceptors (Lipinski definition) is 7. The van der Waals surface area contributed by atoms with Crippen molar-refractivity contribution in [2.45, 2.75) is 37.8 Å². The summed E-state index contributed by atoms with van der Waals surface area (Å²) < 4.78 is 15.8. The molecule has 0 amide bonds. The Morgan fingerprint density at radius 1 is 1.18 bits per heavy atom. The first-order valence-electron chi connectivity index (χ1n) is 9.67. The quantitative estimate of drug-likeness (QED) is 0.600. The molecule has 6 nitrogen and oxygen atoms in total. The number of β-amino-alcohol motifs (C(OH)–C–C–N with tert-alkyl or cyclic N) is 1. The Labute approximate surface area is 166 Å². The highest BCUT2D eigenvalue weighted by Gasteiger charge is 2.23. The smallest absolute Gasteiger partial charge is 0.229 e. The third kappa shape index (κ3) is 3.62. The van der Waals surface area contributed by atoms with Crippen LogP contribution in [-0.2, 0) is 0 Å². The fourth-order valence-electron chi connectivity index (χ4n) is 3.58. The molecule has 0 bridgehead atoms. The minimum Gasteiger partial charge on any atom is -0.391 e. The summed E-state index contributed by atoms with van der Waals surface area (Å²) >= 11 is 1.62. The number of fused-ring (bicyclic) bond motifs is 1. The molecule has 146 valence electrons. The second-order valence-corrected chi connectivity index (χ2v) is 8.40. The molecule has 1 saturated carbocycles. The largest absolute Gasteiger partial charge is 0.391 e. The fraction of sp³-hybridized carbons (Fsp3) is 0.400. The third-order valence-corrected chi connectivity index (χ3v) is 6.07. The van der Waals surface area contributed by atoms with E-state index in [-0.39, 0.29) is 5.82 Å². The summed E-state index contributed by atoms with van der Waals surface area (Å²) in [5.74, 6) is 0.978. The Kier molecular flexibility index (Phi) is 4.52. The number of hydrogen-bond donors (Lipinski definition) is 3. The Balaban J connectivity index is 1.39. The molecule has 1 aliphatic heterocycles. The highest BCUT2D eigenvalue weighted by atomic mass is 32.1. The van der Waals surface area contributed by atoms with E-state index in [9.17, 15) is 9.50 Å². The van der Waals surface area contributed by atoms with Crippen molar-refractivity contribution in [3.63, 3.8) is 0 Å². The average molecular weight is 399 g/mol. The maximum absolute atomic E-state index is 14.7. The van der Waals surface area contributed by atoms with Gasteiger partial charge in [0.25, 0.3) is 0 Å². The number of piperidine rings is 1. The van der Waals surface area contributed by atoms with Gasteiger partial charge in [0.1, 0.15) is 11.6 Å². The van der Waals surface area contributed by atoms with E-state index >= 15 is 0 Å². The molecule has 28 heavy (non-hydrogen) atoms. The number of nitrogens with zero attached hydrogens (tertiary/aromatic N) is 3. The zero-order valence-electron chi connectivity index (χ0n) is 15.4. The van der Waals surface area contributed by atoms with Crippen LogP contribution >= 0.6 is 11.3 Å². The molecule has 3 heterocycles. The lowest BCUT2D eigenvalue weighted by atomic mass is 10.1. The van der Waals surface area contributed by atoms with Crippen LogP contribution in [0.5, 0.6) is 0 Å². The van der Waals surface area contributed by atoms with Crippen LogP contribution in [0.1, 0.15) is 25.7 Å². The second-order valence-electron chi connectivity index (χ2n) is 7.48. The first-order chi connectivity index (χ1) is 13.7. The van der Waals surface area contributed by atoms with Gasteiger partial charge in [-0.25, -0.2) is 9.37 Å². The fourth-order valence-corrected chi connectivity index (χ4v) is 4.37. The normalized spacial score (nSPS) is 19.8. The van der Waals surface area contributed by atoms with Crippen molar-refractivity contribution < 1.29 is 9.50 Å². The van der Waals surface area contributed by atoms with Crippen LogP contribution in [0.15, 0.2) is 29.6 Å². The van der Waals surface area contributed by atoms with Gasteiger partial charge in [-0.1, -0.05) is 0 Å². The Morgan fingerprint density at radius 2 is 2.07 bits per heavy atom. The van der Waals surface area contributed by atoms with E-state index < -0.39 is 6.10 Å². The van der Waals surface area contributed by atoms with Gasteiger partial charge < -0.3 is 20.6 Å². The number of aromatic nitrogens is 2. The number of rotatable bonds is 5. The maximum atomic E-state index is 14.7. The summed E-state index contributed by atoms with van der Waals surface area (Å²) in [7, 11) is 0. The highest BCUT2D eigenvalue weighted by molar-refractivity contribution is 7.17. The van der Waals surface area contributed by atoms with Crippen LogP contribution in [0.3, 0.4) is 0 Å². The van der Waals surface area contributed by atoms with E-state index in [4.69, 9.17) is 0 Å². The van der Waals surface area contributed by atoms with Crippen molar-refractivity contribution in [1.29, 1.82) is 0 Å². The van der Waals surface area contributed by atoms with Crippen molar-refractivity contribution in [3.05, 3.63) is 35.5 Å². The number of aliphatic hydroxyl groups excluding tert-OH is 1. The predicted molar refractivity (Wildman–Crippen MR) is 111 cm³/mol. The summed E-state index contributed by atoms with van der Waals surface area (Å²) in [5.41, 5.74) is 2.01. The first kappa shape index (κ1) is 17.6. The molecule has 1 saturated heterocycles. The summed E-state index contributed by atoms with van der Waals surface area (Å²) in [6, 6.07) is 7.50. The van der Waals surface area contributed by atoms with Crippen molar-refractivity contribution in [3.8, 4) is 0 Å². The highest BCUT2D eigenvalue weighted by Crippen LogP contribution is 2.33. The Morgan fingerprint density at radius 3 is 2.86 bits per heavy atom. The van der Waals surface area contributed by atoms with E-state index in [0.29, 0.717) is 29.9 Å². The van der Waals surface area contributed by atoms with Gasteiger partial charge in [0.15, 0.2) is 0 Å².